The molecule has 1 aromatic heterocycles. The van der Waals surface area contributed by atoms with Crippen LogP contribution in [-0.4, -0.2) is 15.7 Å². The average Bonchev–Trinajstić information content (AvgIpc) is 3.17. The van der Waals surface area contributed by atoms with Gasteiger partial charge in [0.2, 0.25) is 5.29 Å². The van der Waals surface area contributed by atoms with Gasteiger partial charge in [-0.05, 0) is 34.9 Å². The van der Waals surface area contributed by atoms with Gasteiger partial charge >= 0.3 is 0 Å². The first-order chi connectivity index (χ1) is 15.7. The number of fused-ring (bicyclic) bond motifs is 3. The second kappa shape index (κ2) is 8.69. The molecule has 0 bridgehead atoms. The number of benzene rings is 4. The van der Waals surface area contributed by atoms with Crippen molar-refractivity contribution in [1.29, 1.82) is 0 Å². The lowest BCUT2D eigenvalue weighted by molar-refractivity contribution is 0.793. The molecule has 0 saturated heterocycles. The fourth-order valence-electron chi connectivity index (χ4n) is 3.95. The van der Waals surface area contributed by atoms with Gasteiger partial charge in [0.1, 0.15) is 12.5 Å². The molecule has 156 valence electrons. The fraction of sp³-hybridized carbons (Fsp3) is 0.0370. The number of aromatic nitrogens is 1. The van der Waals surface area contributed by atoms with Crippen LogP contribution in [0.4, 0.5) is 0 Å². The molecule has 1 heterocycles. The molecule has 0 aliphatic carbocycles. The SMILES string of the molecule is NC(=NC(Cl)=NCn1c2ccccc2c2ccccc21)c1ccc(-c2ccccc2)cc1. The van der Waals surface area contributed by atoms with Crippen molar-refractivity contribution < 1.29 is 0 Å². The fourth-order valence-corrected chi connectivity index (χ4v) is 4.09. The Labute approximate surface area is 191 Å². The molecule has 5 rings (SSSR count). The van der Waals surface area contributed by atoms with Crippen LogP contribution < -0.4 is 5.73 Å². The van der Waals surface area contributed by atoms with Crippen molar-refractivity contribution in [1.82, 2.24) is 4.57 Å². The van der Waals surface area contributed by atoms with E-state index < -0.39 is 0 Å². The largest absolute Gasteiger partial charge is 0.383 e. The number of para-hydroxylation sites is 2. The van der Waals surface area contributed by atoms with Gasteiger partial charge in [0.25, 0.3) is 0 Å². The molecule has 2 N–H and O–H groups in total. The summed E-state index contributed by atoms with van der Waals surface area (Å²) in [6.45, 7) is 0.358. The second-order valence-corrected chi connectivity index (χ2v) is 7.81. The number of rotatable bonds is 4. The third-order valence-electron chi connectivity index (χ3n) is 5.52. The van der Waals surface area contributed by atoms with Crippen molar-refractivity contribution in [3.63, 3.8) is 0 Å². The van der Waals surface area contributed by atoms with Crippen molar-refractivity contribution >= 4 is 44.5 Å². The number of hydrogen-bond donors (Lipinski definition) is 1. The zero-order valence-electron chi connectivity index (χ0n) is 17.3. The first kappa shape index (κ1) is 20.0. The highest BCUT2D eigenvalue weighted by atomic mass is 35.5. The number of nitrogens with zero attached hydrogens (tertiary/aromatic N) is 3. The monoisotopic (exact) mass is 436 g/mol. The van der Waals surface area contributed by atoms with Crippen LogP contribution in [0, 0.1) is 0 Å². The van der Waals surface area contributed by atoms with E-state index in [2.05, 4.69) is 51.0 Å². The lowest BCUT2D eigenvalue weighted by Crippen LogP contribution is -2.14. The Bertz CT molecular complexity index is 1390. The van der Waals surface area contributed by atoms with Crippen molar-refractivity contribution in [3.05, 3.63) is 109 Å². The molecular formula is C27H21ClN4. The van der Waals surface area contributed by atoms with E-state index in [-0.39, 0.29) is 5.29 Å². The summed E-state index contributed by atoms with van der Waals surface area (Å²) < 4.78 is 2.13. The lowest BCUT2D eigenvalue weighted by atomic mass is 10.0. The standard InChI is InChI=1S/C27H21ClN4/c28-27(31-26(29)21-16-14-20(15-17-21)19-8-2-1-3-9-19)30-18-32-24-12-6-4-10-22(24)23-11-5-7-13-25(23)32/h1-17H,18H2,(H2,29,30,31). The van der Waals surface area contributed by atoms with E-state index in [0.29, 0.717) is 12.5 Å². The number of nitrogens with two attached hydrogens (primary N) is 1. The van der Waals surface area contributed by atoms with Gasteiger partial charge in [0.05, 0.1) is 11.0 Å². The Morgan fingerprint density at radius 2 is 1.22 bits per heavy atom. The van der Waals surface area contributed by atoms with E-state index in [1.54, 1.807) is 0 Å². The Hall–Kier alpha value is -3.89. The summed E-state index contributed by atoms with van der Waals surface area (Å²) in [4.78, 5) is 8.78. The van der Waals surface area contributed by atoms with Gasteiger partial charge in [-0.3, -0.25) is 0 Å². The van der Waals surface area contributed by atoms with E-state index in [1.807, 2.05) is 66.7 Å². The van der Waals surface area contributed by atoms with Crippen LogP contribution in [0.25, 0.3) is 32.9 Å². The minimum absolute atomic E-state index is 0.122. The summed E-state index contributed by atoms with van der Waals surface area (Å²) in [6.07, 6.45) is 0. The van der Waals surface area contributed by atoms with Crippen LogP contribution in [0.5, 0.6) is 0 Å². The molecule has 5 aromatic rings. The maximum atomic E-state index is 6.34. The molecule has 0 aliphatic rings. The highest BCUT2D eigenvalue weighted by molar-refractivity contribution is 6.65. The van der Waals surface area contributed by atoms with Crippen LogP contribution in [-0.2, 0) is 6.67 Å². The van der Waals surface area contributed by atoms with Gasteiger partial charge in [-0.2, -0.15) is 0 Å². The van der Waals surface area contributed by atoms with Crippen molar-refractivity contribution in [2.45, 2.75) is 6.67 Å². The van der Waals surface area contributed by atoms with Crippen molar-refractivity contribution in [2.24, 2.45) is 15.7 Å². The summed E-state index contributed by atoms with van der Waals surface area (Å²) in [5.74, 6) is 0.334. The molecule has 0 radical (unpaired) electrons. The van der Waals surface area contributed by atoms with Crippen LogP contribution >= 0.6 is 11.6 Å². The van der Waals surface area contributed by atoms with Crippen molar-refractivity contribution in [2.75, 3.05) is 0 Å². The Balaban J connectivity index is 1.40. The molecular weight excluding hydrogens is 416 g/mol. The molecule has 0 fully saturated rings. The Kier molecular flexibility index (Phi) is 5.44. The third kappa shape index (κ3) is 3.88. The molecule has 5 heteroatoms. The van der Waals surface area contributed by atoms with E-state index in [4.69, 9.17) is 17.3 Å². The van der Waals surface area contributed by atoms with Gasteiger partial charge < -0.3 is 10.3 Å². The number of amidine groups is 2. The predicted molar refractivity (Wildman–Crippen MR) is 135 cm³/mol. The molecule has 0 unspecified atom stereocenters. The van der Waals surface area contributed by atoms with Gasteiger partial charge in [-0.25, -0.2) is 9.98 Å². The zero-order valence-corrected chi connectivity index (χ0v) is 18.1. The molecule has 0 aliphatic heterocycles. The van der Waals surface area contributed by atoms with E-state index in [9.17, 15) is 0 Å². The van der Waals surface area contributed by atoms with Gasteiger partial charge in [-0.15, -0.1) is 0 Å². The topological polar surface area (TPSA) is 55.7 Å². The normalized spacial score (nSPS) is 12.5. The Morgan fingerprint density at radius 3 is 1.84 bits per heavy atom. The number of hydrogen-bond acceptors (Lipinski definition) is 1. The minimum atomic E-state index is 0.122. The highest BCUT2D eigenvalue weighted by Gasteiger charge is 2.09. The predicted octanol–water partition coefficient (Wildman–Crippen LogP) is 6.42. The number of aliphatic imine (C=N–C) groups is 2. The summed E-state index contributed by atoms with van der Waals surface area (Å²) in [6, 6.07) is 34.7. The molecule has 4 aromatic carbocycles. The molecule has 0 atom stereocenters. The van der Waals surface area contributed by atoms with Gasteiger partial charge in [0, 0.05) is 16.3 Å². The zero-order chi connectivity index (χ0) is 21.9. The maximum Gasteiger partial charge on any atom is 0.221 e. The molecule has 32 heavy (non-hydrogen) atoms. The van der Waals surface area contributed by atoms with Gasteiger partial charge in [0.15, 0.2) is 0 Å². The summed E-state index contributed by atoms with van der Waals surface area (Å²) >= 11 is 6.34. The van der Waals surface area contributed by atoms with Crippen LogP contribution in [0.3, 0.4) is 0 Å². The van der Waals surface area contributed by atoms with E-state index >= 15 is 0 Å². The maximum absolute atomic E-state index is 6.34. The van der Waals surface area contributed by atoms with Crippen LogP contribution in [0.2, 0.25) is 0 Å². The van der Waals surface area contributed by atoms with Crippen molar-refractivity contribution in [3.8, 4) is 11.1 Å². The molecule has 0 amide bonds. The van der Waals surface area contributed by atoms with Gasteiger partial charge in [-0.1, -0.05) is 91.0 Å². The quantitative estimate of drug-likeness (QED) is 0.197. The van der Waals surface area contributed by atoms with Crippen LogP contribution in [0.1, 0.15) is 5.56 Å². The first-order valence-electron chi connectivity index (χ1n) is 10.4. The summed E-state index contributed by atoms with van der Waals surface area (Å²) in [7, 11) is 0. The Morgan fingerprint density at radius 1 is 0.688 bits per heavy atom. The summed E-state index contributed by atoms with van der Waals surface area (Å²) in [5.41, 5.74) is 11.5. The van der Waals surface area contributed by atoms with Crippen LogP contribution in [0.15, 0.2) is 113 Å². The van der Waals surface area contributed by atoms with E-state index in [0.717, 1.165) is 27.7 Å². The third-order valence-corrected chi connectivity index (χ3v) is 5.73. The molecule has 4 nitrogen and oxygen atoms in total. The lowest BCUT2D eigenvalue weighted by Gasteiger charge is -2.05. The number of halogens is 1. The minimum Gasteiger partial charge on any atom is -0.383 e. The second-order valence-electron chi connectivity index (χ2n) is 7.47. The molecule has 0 saturated carbocycles. The average molecular weight is 437 g/mol. The smallest absolute Gasteiger partial charge is 0.221 e. The highest BCUT2D eigenvalue weighted by Crippen LogP contribution is 2.28. The van der Waals surface area contributed by atoms with E-state index in [1.165, 1.54) is 10.8 Å². The molecule has 0 spiro atoms. The first-order valence-corrected chi connectivity index (χ1v) is 10.7. The summed E-state index contributed by atoms with van der Waals surface area (Å²) in [5, 5.41) is 2.50.